The molecular formula is C15H15N3. The van der Waals surface area contributed by atoms with Crippen molar-refractivity contribution >= 4 is 0 Å². The monoisotopic (exact) mass is 237 g/mol. The molecular weight excluding hydrogens is 222 g/mol. The molecule has 5 rings (SSSR count). The van der Waals surface area contributed by atoms with Crippen molar-refractivity contribution in [2.45, 2.75) is 30.7 Å². The molecule has 4 fully saturated rings. The second kappa shape index (κ2) is 2.96. The maximum atomic E-state index is 9.25. The number of nitrogens with zero attached hydrogens (tertiary/aromatic N) is 2. The third-order valence-electron chi connectivity index (χ3n) is 5.69. The predicted molar refractivity (Wildman–Crippen MR) is 66.4 cm³/mol. The first-order chi connectivity index (χ1) is 8.90. The summed E-state index contributed by atoms with van der Waals surface area (Å²) in [5.41, 5.74) is 1.41. The minimum atomic E-state index is 0.336. The van der Waals surface area contributed by atoms with Crippen LogP contribution in [0.4, 0.5) is 0 Å². The SMILES string of the molecule is N#CC1C2C3NC4C1C2N(Cc1ccccc1)C34. The van der Waals surface area contributed by atoms with Crippen LogP contribution in [0.15, 0.2) is 30.3 Å². The van der Waals surface area contributed by atoms with Crippen LogP contribution in [0.3, 0.4) is 0 Å². The molecule has 1 aromatic carbocycles. The fourth-order valence-corrected chi connectivity index (χ4v) is 5.10. The number of nitriles is 1. The molecule has 4 atom stereocenters. The van der Waals surface area contributed by atoms with Crippen LogP contribution in [0.2, 0.25) is 0 Å². The number of nitrogens with one attached hydrogen (secondary N) is 1. The summed E-state index contributed by atoms with van der Waals surface area (Å²) in [6.45, 7) is 1.07. The van der Waals surface area contributed by atoms with Gasteiger partial charge < -0.3 is 5.32 Å². The van der Waals surface area contributed by atoms with Crippen LogP contribution in [0, 0.1) is 29.1 Å². The molecule has 0 spiro atoms. The Balaban J connectivity index is 1.45. The lowest BCUT2D eigenvalue weighted by Crippen LogP contribution is -2.79. The van der Waals surface area contributed by atoms with Crippen molar-refractivity contribution < 1.29 is 0 Å². The maximum Gasteiger partial charge on any atom is 0.0664 e. The molecule has 2 bridgehead atoms. The highest BCUT2D eigenvalue weighted by Gasteiger charge is 2.79. The Morgan fingerprint density at radius 2 is 1.83 bits per heavy atom. The van der Waals surface area contributed by atoms with Gasteiger partial charge in [-0.05, 0) is 5.56 Å². The van der Waals surface area contributed by atoms with Gasteiger partial charge in [-0.15, -0.1) is 0 Å². The third kappa shape index (κ3) is 0.848. The van der Waals surface area contributed by atoms with Crippen molar-refractivity contribution in [3.63, 3.8) is 0 Å². The number of rotatable bonds is 2. The zero-order chi connectivity index (χ0) is 11.9. The van der Waals surface area contributed by atoms with E-state index >= 15 is 0 Å². The second-order valence-corrected chi connectivity index (χ2v) is 6.17. The topological polar surface area (TPSA) is 39.1 Å². The van der Waals surface area contributed by atoms with Gasteiger partial charge in [-0.2, -0.15) is 5.26 Å². The minimum Gasteiger partial charge on any atom is -0.307 e. The van der Waals surface area contributed by atoms with E-state index in [1.54, 1.807) is 0 Å². The van der Waals surface area contributed by atoms with Crippen LogP contribution >= 0.6 is 0 Å². The van der Waals surface area contributed by atoms with Gasteiger partial charge in [0.1, 0.15) is 0 Å². The lowest BCUT2D eigenvalue weighted by Gasteiger charge is -2.61. The number of benzene rings is 1. The Labute approximate surface area is 106 Å². The number of hydrogen-bond acceptors (Lipinski definition) is 3. The Hall–Kier alpha value is -1.37. The summed E-state index contributed by atoms with van der Waals surface area (Å²) in [4.78, 5) is 2.67. The van der Waals surface area contributed by atoms with Gasteiger partial charge in [0.25, 0.3) is 0 Å². The molecule has 4 aliphatic rings. The Morgan fingerprint density at radius 1 is 1.11 bits per heavy atom. The standard InChI is InChI=1S/C15H15N3/c16-6-9-10-12-15-13(17-12)11(9)14(10)18(15)7-8-4-2-1-3-5-8/h1-5,9-15,17H,7H2. The van der Waals surface area contributed by atoms with Crippen molar-refractivity contribution in [3.8, 4) is 6.07 Å². The van der Waals surface area contributed by atoms with Crippen LogP contribution in [0.5, 0.6) is 0 Å². The fraction of sp³-hybridized carbons (Fsp3) is 0.533. The number of hydrogen-bond donors (Lipinski definition) is 1. The molecule has 0 amide bonds. The molecule has 0 aromatic heterocycles. The van der Waals surface area contributed by atoms with Crippen molar-refractivity contribution in [2.75, 3.05) is 0 Å². The molecule has 18 heavy (non-hydrogen) atoms. The van der Waals surface area contributed by atoms with E-state index in [0.29, 0.717) is 35.9 Å². The average Bonchev–Trinajstić information content (AvgIpc) is 2.69. The van der Waals surface area contributed by atoms with E-state index in [-0.39, 0.29) is 0 Å². The zero-order valence-electron chi connectivity index (χ0n) is 10.0. The summed E-state index contributed by atoms with van der Waals surface area (Å²) >= 11 is 0. The van der Waals surface area contributed by atoms with Crippen molar-refractivity contribution in [2.24, 2.45) is 17.8 Å². The maximum absolute atomic E-state index is 9.25. The summed E-state index contributed by atoms with van der Waals surface area (Å²) < 4.78 is 0. The first kappa shape index (κ1) is 9.55. The summed E-state index contributed by atoms with van der Waals surface area (Å²) in [5.74, 6) is 1.56. The lowest BCUT2D eigenvalue weighted by molar-refractivity contribution is -0.0517. The molecule has 1 saturated carbocycles. The molecule has 1 aliphatic carbocycles. The molecule has 3 heterocycles. The lowest BCUT2D eigenvalue weighted by atomic mass is 9.49. The van der Waals surface area contributed by atoms with Crippen molar-refractivity contribution in [3.05, 3.63) is 35.9 Å². The van der Waals surface area contributed by atoms with Gasteiger partial charge in [-0.25, -0.2) is 0 Å². The van der Waals surface area contributed by atoms with E-state index in [0.717, 1.165) is 12.6 Å². The molecule has 90 valence electrons. The van der Waals surface area contributed by atoms with Gasteiger partial charge >= 0.3 is 0 Å². The van der Waals surface area contributed by atoms with E-state index in [9.17, 15) is 5.26 Å². The molecule has 3 nitrogen and oxygen atoms in total. The fourth-order valence-electron chi connectivity index (χ4n) is 5.10. The molecule has 3 heteroatoms. The van der Waals surface area contributed by atoms with Crippen molar-refractivity contribution in [1.82, 2.24) is 10.2 Å². The van der Waals surface area contributed by atoms with E-state index < -0.39 is 0 Å². The van der Waals surface area contributed by atoms with Gasteiger partial charge in [-0.1, -0.05) is 30.3 Å². The summed E-state index contributed by atoms with van der Waals surface area (Å²) in [7, 11) is 0. The molecule has 3 saturated heterocycles. The van der Waals surface area contributed by atoms with Gasteiger partial charge in [0, 0.05) is 42.5 Å². The molecule has 1 aromatic rings. The van der Waals surface area contributed by atoms with Gasteiger partial charge in [0.05, 0.1) is 12.0 Å². The Bertz CT molecular complexity index is 531. The summed E-state index contributed by atoms with van der Waals surface area (Å²) in [5, 5.41) is 12.9. The average molecular weight is 237 g/mol. The summed E-state index contributed by atoms with van der Waals surface area (Å²) in [6.07, 6.45) is 0. The minimum absolute atomic E-state index is 0.336. The van der Waals surface area contributed by atoms with E-state index in [1.807, 2.05) is 0 Å². The van der Waals surface area contributed by atoms with Crippen LogP contribution in [-0.2, 0) is 6.54 Å². The number of piperidine rings is 2. The van der Waals surface area contributed by atoms with E-state index in [1.165, 1.54) is 5.56 Å². The first-order valence-electron chi connectivity index (χ1n) is 6.85. The molecule has 0 radical (unpaired) electrons. The van der Waals surface area contributed by atoms with Crippen LogP contribution in [-0.4, -0.2) is 29.1 Å². The third-order valence-corrected chi connectivity index (χ3v) is 5.69. The molecule has 3 aliphatic heterocycles. The smallest absolute Gasteiger partial charge is 0.0664 e. The van der Waals surface area contributed by atoms with Gasteiger partial charge in [0.15, 0.2) is 0 Å². The largest absolute Gasteiger partial charge is 0.307 e. The van der Waals surface area contributed by atoms with E-state index in [2.05, 4.69) is 46.6 Å². The Kier molecular flexibility index (Phi) is 1.57. The summed E-state index contributed by atoms with van der Waals surface area (Å²) in [6, 6.07) is 15.9. The molecule has 4 unspecified atom stereocenters. The Morgan fingerprint density at radius 3 is 2.50 bits per heavy atom. The van der Waals surface area contributed by atoms with Gasteiger partial charge in [-0.3, -0.25) is 4.90 Å². The van der Waals surface area contributed by atoms with Crippen LogP contribution < -0.4 is 5.32 Å². The van der Waals surface area contributed by atoms with Crippen molar-refractivity contribution in [1.29, 1.82) is 5.26 Å². The second-order valence-electron chi connectivity index (χ2n) is 6.17. The highest BCUT2D eigenvalue weighted by molar-refractivity contribution is 5.37. The van der Waals surface area contributed by atoms with Gasteiger partial charge in [0.2, 0.25) is 0 Å². The van der Waals surface area contributed by atoms with E-state index in [4.69, 9.17) is 0 Å². The highest BCUT2D eigenvalue weighted by atomic mass is 15.4. The van der Waals surface area contributed by atoms with Crippen LogP contribution in [0.1, 0.15) is 5.56 Å². The quantitative estimate of drug-likeness (QED) is 0.833. The first-order valence-corrected chi connectivity index (χ1v) is 6.85. The molecule has 1 N–H and O–H groups in total. The normalized spacial score (nSPS) is 50.5. The predicted octanol–water partition coefficient (Wildman–Crippen LogP) is 0.979. The zero-order valence-corrected chi connectivity index (χ0v) is 10.0. The van der Waals surface area contributed by atoms with Crippen LogP contribution in [0.25, 0.3) is 0 Å². The number of fused-ring (bicyclic) bond motifs is 2. The highest BCUT2D eigenvalue weighted by Crippen LogP contribution is 2.65.